The molecule has 1 aromatic carbocycles. The smallest absolute Gasteiger partial charge is 0.235 e. The van der Waals surface area contributed by atoms with Crippen molar-refractivity contribution < 1.29 is 12.8 Å². The number of nitrogens with zero attached hydrogens (tertiary/aromatic N) is 5. The summed E-state index contributed by atoms with van der Waals surface area (Å²) in [5.41, 5.74) is 0.826. The van der Waals surface area contributed by atoms with Crippen molar-refractivity contribution in [3.63, 3.8) is 0 Å². The Hall–Kier alpha value is -2.30. The van der Waals surface area contributed by atoms with Gasteiger partial charge in [-0.05, 0) is 25.0 Å². The average Bonchev–Trinajstić information content (AvgIpc) is 3.34. The first-order valence-corrected chi connectivity index (χ1v) is 11.3. The van der Waals surface area contributed by atoms with Crippen LogP contribution in [0.4, 0.5) is 0 Å². The fourth-order valence-electron chi connectivity index (χ4n) is 3.52. The summed E-state index contributed by atoms with van der Waals surface area (Å²) in [5, 5.41) is 15.0. The number of rotatable bonds is 3. The minimum absolute atomic E-state index is 0.142. The van der Waals surface area contributed by atoms with Crippen molar-refractivity contribution in [2.75, 3.05) is 19.3 Å². The summed E-state index contributed by atoms with van der Waals surface area (Å²) in [7, 11) is -3.14. The Labute approximate surface area is 159 Å². The molecule has 27 heavy (non-hydrogen) atoms. The van der Waals surface area contributed by atoms with Gasteiger partial charge in [0.2, 0.25) is 15.0 Å². The highest BCUT2D eigenvalue weighted by Crippen LogP contribution is 2.33. The molecule has 0 unspecified atom stereocenters. The van der Waals surface area contributed by atoms with Crippen molar-refractivity contribution >= 4 is 37.3 Å². The van der Waals surface area contributed by atoms with Crippen molar-refractivity contribution in [2.45, 2.75) is 18.8 Å². The maximum absolute atomic E-state index is 11.7. The second-order valence-electron chi connectivity index (χ2n) is 6.74. The Balaban J connectivity index is 1.45. The van der Waals surface area contributed by atoms with Crippen LogP contribution in [0.2, 0.25) is 0 Å². The van der Waals surface area contributed by atoms with Crippen molar-refractivity contribution in [2.24, 2.45) is 0 Å². The number of para-hydroxylation sites is 1. The Bertz CT molecular complexity index is 1200. The summed E-state index contributed by atoms with van der Waals surface area (Å²) in [6.07, 6.45) is 2.68. The third kappa shape index (κ3) is 2.93. The van der Waals surface area contributed by atoms with Gasteiger partial charge in [-0.3, -0.25) is 0 Å². The molecule has 3 aromatic heterocycles. The van der Waals surface area contributed by atoms with Gasteiger partial charge < -0.3 is 4.42 Å². The van der Waals surface area contributed by atoms with Gasteiger partial charge in [0.05, 0.1) is 6.26 Å². The predicted octanol–water partition coefficient (Wildman–Crippen LogP) is 2.74. The quantitative estimate of drug-likeness (QED) is 0.522. The van der Waals surface area contributed by atoms with Gasteiger partial charge in [-0.2, -0.15) is 4.52 Å². The lowest BCUT2D eigenvalue weighted by atomic mass is 9.97. The van der Waals surface area contributed by atoms with Gasteiger partial charge >= 0.3 is 0 Å². The standard InChI is InChI=1S/C17H17N5O3S2/c1-27(23,24)21-8-6-11(7-9-21)15-18-19-17-22(15)20-16(26-17)14-10-12-4-2-3-5-13(12)25-14/h2-5,10-11H,6-9H2,1H3. The van der Waals surface area contributed by atoms with Crippen LogP contribution in [0.15, 0.2) is 34.7 Å². The molecule has 0 radical (unpaired) electrons. The number of sulfonamides is 1. The molecule has 0 aliphatic carbocycles. The molecule has 0 N–H and O–H groups in total. The summed E-state index contributed by atoms with van der Waals surface area (Å²) in [5.74, 6) is 1.64. The maximum Gasteiger partial charge on any atom is 0.235 e. The fraction of sp³-hybridized carbons (Fsp3) is 0.353. The van der Waals surface area contributed by atoms with Crippen LogP contribution >= 0.6 is 11.3 Å². The van der Waals surface area contributed by atoms with E-state index in [1.807, 2.05) is 30.3 Å². The molecule has 0 spiro atoms. The summed E-state index contributed by atoms with van der Waals surface area (Å²) in [6, 6.07) is 9.82. The molecule has 4 heterocycles. The van der Waals surface area contributed by atoms with Crippen LogP contribution in [0.25, 0.3) is 26.7 Å². The predicted molar refractivity (Wildman–Crippen MR) is 102 cm³/mol. The van der Waals surface area contributed by atoms with Gasteiger partial charge in [-0.25, -0.2) is 12.7 Å². The monoisotopic (exact) mass is 403 g/mol. The topological polar surface area (TPSA) is 93.6 Å². The Morgan fingerprint density at radius 3 is 2.70 bits per heavy atom. The normalized spacial score (nSPS) is 17.2. The molecule has 0 saturated carbocycles. The van der Waals surface area contributed by atoms with Crippen LogP contribution in [-0.4, -0.2) is 51.9 Å². The Morgan fingerprint density at radius 1 is 1.19 bits per heavy atom. The summed E-state index contributed by atoms with van der Waals surface area (Å²) in [6.45, 7) is 0.998. The summed E-state index contributed by atoms with van der Waals surface area (Å²) >= 11 is 1.43. The van der Waals surface area contributed by atoms with Crippen LogP contribution in [0.1, 0.15) is 24.6 Å². The van der Waals surface area contributed by atoms with Gasteiger partial charge in [0.1, 0.15) is 5.58 Å². The van der Waals surface area contributed by atoms with Gasteiger partial charge in [0.15, 0.2) is 16.6 Å². The summed E-state index contributed by atoms with van der Waals surface area (Å²) in [4.78, 5) is 0.714. The number of fused-ring (bicyclic) bond motifs is 2. The second-order valence-corrected chi connectivity index (χ2v) is 9.68. The molecule has 1 aliphatic heterocycles. The Morgan fingerprint density at radius 2 is 1.96 bits per heavy atom. The van der Waals surface area contributed by atoms with E-state index in [9.17, 15) is 8.42 Å². The highest BCUT2D eigenvalue weighted by atomic mass is 32.2. The van der Waals surface area contributed by atoms with Crippen molar-refractivity contribution in [1.82, 2.24) is 24.1 Å². The van der Waals surface area contributed by atoms with E-state index < -0.39 is 10.0 Å². The minimum Gasteiger partial charge on any atom is -0.453 e. The van der Waals surface area contributed by atoms with Crippen LogP contribution in [0.3, 0.4) is 0 Å². The number of hydrogen-bond donors (Lipinski definition) is 0. The van der Waals surface area contributed by atoms with E-state index in [-0.39, 0.29) is 5.92 Å². The fourth-order valence-corrected chi connectivity index (χ4v) is 5.19. The van der Waals surface area contributed by atoms with Gasteiger partial charge in [0.25, 0.3) is 0 Å². The first-order chi connectivity index (χ1) is 13.0. The number of furan rings is 1. The molecule has 140 valence electrons. The highest BCUT2D eigenvalue weighted by Gasteiger charge is 2.29. The zero-order chi connectivity index (χ0) is 18.6. The molecule has 1 fully saturated rings. The number of aromatic nitrogens is 4. The van der Waals surface area contributed by atoms with E-state index in [0.29, 0.717) is 36.7 Å². The van der Waals surface area contributed by atoms with Gasteiger partial charge in [-0.15, -0.1) is 15.3 Å². The second kappa shape index (κ2) is 6.11. The Kier molecular flexibility index (Phi) is 3.81. The zero-order valence-electron chi connectivity index (χ0n) is 14.6. The van der Waals surface area contributed by atoms with E-state index in [0.717, 1.165) is 21.8 Å². The average molecular weight is 403 g/mol. The van der Waals surface area contributed by atoms with Crippen molar-refractivity contribution in [3.05, 3.63) is 36.2 Å². The van der Waals surface area contributed by atoms with E-state index in [1.54, 1.807) is 4.52 Å². The molecule has 5 rings (SSSR count). The third-order valence-corrected chi connectivity index (χ3v) is 7.16. The van der Waals surface area contributed by atoms with Crippen LogP contribution in [0, 0.1) is 0 Å². The number of piperidine rings is 1. The van der Waals surface area contributed by atoms with Crippen LogP contribution in [0.5, 0.6) is 0 Å². The molecule has 0 atom stereocenters. The molecule has 8 nitrogen and oxygen atoms in total. The van der Waals surface area contributed by atoms with E-state index >= 15 is 0 Å². The molecule has 1 aliphatic rings. The lowest BCUT2D eigenvalue weighted by Gasteiger charge is -2.28. The maximum atomic E-state index is 11.7. The molecule has 0 amide bonds. The lowest BCUT2D eigenvalue weighted by Crippen LogP contribution is -2.37. The number of hydrogen-bond acceptors (Lipinski definition) is 7. The first kappa shape index (κ1) is 16.8. The SMILES string of the molecule is CS(=O)(=O)N1CCC(c2nnc3sc(-c4cc5ccccc5o4)nn23)CC1. The molecule has 1 saturated heterocycles. The molecular formula is C17H17N5O3S2. The van der Waals surface area contributed by atoms with Crippen molar-refractivity contribution in [3.8, 4) is 10.8 Å². The van der Waals surface area contributed by atoms with E-state index in [2.05, 4.69) is 15.3 Å². The minimum atomic E-state index is -3.14. The largest absolute Gasteiger partial charge is 0.453 e. The molecule has 10 heteroatoms. The molecular weight excluding hydrogens is 386 g/mol. The van der Waals surface area contributed by atoms with Crippen LogP contribution < -0.4 is 0 Å². The van der Waals surface area contributed by atoms with Gasteiger partial charge in [0, 0.05) is 24.4 Å². The summed E-state index contributed by atoms with van der Waals surface area (Å²) < 4.78 is 32.6. The first-order valence-electron chi connectivity index (χ1n) is 8.65. The zero-order valence-corrected chi connectivity index (χ0v) is 16.2. The number of benzene rings is 1. The third-order valence-electron chi connectivity index (χ3n) is 4.94. The van der Waals surface area contributed by atoms with Crippen LogP contribution in [-0.2, 0) is 10.0 Å². The highest BCUT2D eigenvalue weighted by molar-refractivity contribution is 7.88. The van der Waals surface area contributed by atoms with E-state index in [4.69, 9.17) is 4.42 Å². The van der Waals surface area contributed by atoms with Gasteiger partial charge in [-0.1, -0.05) is 29.5 Å². The van der Waals surface area contributed by atoms with E-state index in [1.165, 1.54) is 21.9 Å². The molecule has 4 aromatic rings. The van der Waals surface area contributed by atoms with Crippen molar-refractivity contribution in [1.29, 1.82) is 0 Å². The lowest BCUT2D eigenvalue weighted by molar-refractivity contribution is 0.313. The molecule has 0 bridgehead atoms.